The molecule has 17 heavy (non-hydrogen) atoms. The normalized spacial score (nSPS) is 10.8. The third-order valence-electron chi connectivity index (χ3n) is 2.15. The summed E-state index contributed by atoms with van der Waals surface area (Å²) in [6.45, 7) is 0. The fourth-order valence-electron chi connectivity index (χ4n) is 1.41. The molecule has 7 heteroatoms. The molecule has 0 radical (unpaired) electrons. The maximum absolute atomic E-state index is 5.85. The molecule has 3 aromatic rings. The molecule has 0 bridgehead atoms. The average Bonchev–Trinajstić information content (AvgIpc) is 2.83. The van der Waals surface area contributed by atoms with Crippen molar-refractivity contribution < 1.29 is 0 Å². The van der Waals surface area contributed by atoms with Crippen LogP contribution in [0.2, 0.25) is 0 Å². The molecule has 0 unspecified atom stereocenters. The van der Waals surface area contributed by atoms with Gasteiger partial charge in [0.15, 0.2) is 11.0 Å². The molecule has 0 aliphatic carbocycles. The topological polar surface area (TPSA) is 93.4 Å². The Kier molecular flexibility index (Phi) is 2.37. The summed E-state index contributed by atoms with van der Waals surface area (Å²) in [5, 5.41) is 7.77. The number of benzene rings is 1. The molecule has 3 rings (SSSR count). The van der Waals surface area contributed by atoms with E-state index in [1.54, 1.807) is 0 Å². The first-order valence-electron chi connectivity index (χ1n) is 4.88. The summed E-state index contributed by atoms with van der Waals surface area (Å²) >= 11 is 1.31. The van der Waals surface area contributed by atoms with E-state index in [1.165, 1.54) is 18.1 Å². The predicted octanol–water partition coefficient (Wildman–Crippen LogP) is 1.48. The Balaban J connectivity index is 2.07. The minimum Gasteiger partial charge on any atom is -0.381 e. The number of hydrogen-bond donors (Lipinski definition) is 2. The van der Waals surface area contributed by atoms with Crippen molar-refractivity contribution in [3.05, 3.63) is 30.6 Å². The Morgan fingerprint density at radius 2 is 1.88 bits per heavy atom. The third-order valence-corrected chi connectivity index (χ3v) is 3.03. The van der Waals surface area contributed by atoms with Gasteiger partial charge in [-0.05, 0) is 23.9 Å². The largest absolute Gasteiger partial charge is 0.381 e. The molecule has 6 nitrogen and oxygen atoms in total. The fourth-order valence-corrected chi connectivity index (χ4v) is 2.08. The molecule has 2 heterocycles. The monoisotopic (exact) mass is 244 g/mol. The van der Waals surface area contributed by atoms with E-state index in [9.17, 15) is 0 Å². The van der Waals surface area contributed by atoms with Crippen LogP contribution in [0.4, 0.5) is 5.82 Å². The Morgan fingerprint density at radius 1 is 1.12 bits per heavy atom. The number of nitrogens with two attached hydrogens (primary N) is 1. The Labute approximate surface area is 101 Å². The van der Waals surface area contributed by atoms with Gasteiger partial charge in [-0.15, -0.1) is 0 Å². The molecule has 0 saturated heterocycles. The van der Waals surface area contributed by atoms with E-state index in [0.29, 0.717) is 16.0 Å². The molecule has 0 saturated carbocycles. The van der Waals surface area contributed by atoms with Crippen molar-refractivity contribution >= 4 is 28.6 Å². The van der Waals surface area contributed by atoms with Crippen LogP contribution in [0.5, 0.6) is 0 Å². The highest BCUT2D eigenvalue weighted by Crippen LogP contribution is 2.27. The van der Waals surface area contributed by atoms with Gasteiger partial charge >= 0.3 is 0 Å². The molecule has 0 fully saturated rings. The van der Waals surface area contributed by atoms with Crippen LogP contribution in [0.15, 0.2) is 40.8 Å². The highest BCUT2D eigenvalue weighted by molar-refractivity contribution is 7.99. The lowest BCUT2D eigenvalue weighted by molar-refractivity contribution is 0.968. The SMILES string of the molecule is Nc1nc2ccccc2nc1Sc1ncn[nH]1. The summed E-state index contributed by atoms with van der Waals surface area (Å²) in [5.74, 6) is 0.394. The summed E-state index contributed by atoms with van der Waals surface area (Å²) < 4.78 is 0. The zero-order valence-electron chi connectivity index (χ0n) is 8.66. The van der Waals surface area contributed by atoms with Crippen LogP contribution in [-0.4, -0.2) is 25.1 Å². The molecule has 0 aliphatic rings. The molecule has 0 aliphatic heterocycles. The van der Waals surface area contributed by atoms with Crippen LogP contribution in [-0.2, 0) is 0 Å². The van der Waals surface area contributed by atoms with Gasteiger partial charge in [-0.3, -0.25) is 5.10 Å². The van der Waals surface area contributed by atoms with Gasteiger partial charge in [-0.2, -0.15) is 5.10 Å². The Hall–Kier alpha value is -2.15. The highest BCUT2D eigenvalue weighted by atomic mass is 32.2. The third kappa shape index (κ3) is 1.92. The summed E-state index contributed by atoms with van der Waals surface area (Å²) in [5.41, 5.74) is 7.44. The van der Waals surface area contributed by atoms with Gasteiger partial charge in [0.25, 0.3) is 0 Å². The van der Waals surface area contributed by atoms with Gasteiger partial charge in [0, 0.05) is 0 Å². The van der Waals surface area contributed by atoms with E-state index in [4.69, 9.17) is 5.73 Å². The van der Waals surface area contributed by atoms with Gasteiger partial charge in [0.2, 0.25) is 0 Å². The number of para-hydroxylation sites is 2. The number of rotatable bonds is 2. The molecule has 84 valence electrons. The molecular formula is C10H8N6S. The van der Waals surface area contributed by atoms with Gasteiger partial charge in [0.05, 0.1) is 11.0 Å². The van der Waals surface area contributed by atoms with Gasteiger partial charge in [-0.1, -0.05) is 12.1 Å². The number of aromatic nitrogens is 5. The maximum Gasteiger partial charge on any atom is 0.189 e. The standard InChI is InChI=1S/C10H8N6S/c11-8-9(17-10-12-5-13-16-10)15-7-4-2-1-3-6(7)14-8/h1-5H,(H2,11,14)(H,12,13,16). The Morgan fingerprint density at radius 3 is 2.59 bits per heavy atom. The quantitative estimate of drug-likeness (QED) is 0.709. The second-order valence-electron chi connectivity index (χ2n) is 3.30. The minimum absolute atomic E-state index is 0.394. The van der Waals surface area contributed by atoms with Gasteiger partial charge < -0.3 is 5.73 Å². The number of hydrogen-bond acceptors (Lipinski definition) is 6. The van der Waals surface area contributed by atoms with Crippen molar-refractivity contribution in [3.8, 4) is 0 Å². The van der Waals surface area contributed by atoms with Crippen molar-refractivity contribution in [1.82, 2.24) is 25.1 Å². The zero-order valence-corrected chi connectivity index (χ0v) is 9.48. The fraction of sp³-hybridized carbons (Fsp3) is 0. The van der Waals surface area contributed by atoms with Gasteiger partial charge in [0.1, 0.15) is 11.4 Å². The van der Waals surface area contributed by atoms with Crippen molar-refractivity contribution in [3.63, 3.8) is 0 Å². The van der Waals surface area contributed by atoms with Crippen LogP contribution in [0.25, 0.3) is 11.0 Å². The molecule has 3 N–H and O–H groups in total. The number of nitrogens with zero attached hydrogens (tertiary/aromatic N) is 4. The summed E-state index contributed by atoms with van der Waals surface area (Å²) in [4.78, 5) is 12.7. The van der Waals surface area contributed by atoms with Crippen LogP contribution in [0.3, 0.4) is 0 Å². The lowest BCUT2D eigenvalue weighted by Crippen LogP contribution is -1.97. The molecule has 0 spiro atoms. The lowest BCUT2D eigenvalue weighted by Gasteiger charge is -2.03. The van der Waals surface area contributed by atoms with Crippen LogP contribution in [0.1, 0.15) is 0 Å². The average molecular weight is 244 g/mol. The minimum atomic E-state index is 0.394. The zero-order chi connectivity index (χ0) is 11.7. The molecule has 2 aromatic heterocycles. The van der Waals surface area contributed by atoms with E-state index < -0.39 is 0 Å². The van der Waals surface area contributed by atoms with Crippen LogP contribution in [0, 0.1) is 0 Å². The van der Waals surface area contributed by atoms with Crippen LogP contribution < -0.4 is 5.73 Å². The molecule has 0 atom stereocenters. The number of H-pyrrole nitrogens is 1. The number of anilines is 1. The number of nitrogen functional groups attached to an aromatic ring is 1. The first-order valence-corrected chi connectivity index (χ1v) is 5.70. The Bertz CT molecular complexity index is 651. The first kappa shape index (κ1) is 10.0. The first-order chi connectivity index (χ1) is 8.33. The van der Waals surface area contributed by atoms with Crippen LogP contribution >= 0.6 is 11.8 Å². The summed E-state index contributed by atoms with van der Waals surface area (Å²) in [7, 11) is 0. The van der Waals surface area contributed by atoms with Gasteiger partial charge in [-0.25, -0.2) is 15.0 Å². The second kappa shape index (κ2) is 4.02. The van der Waals surface area contributed by atoms with E-state index >= 15 is 0 Å². The molecule has 0 amide bonds. The van der Waals surface area contributed by atoms with E-state index in [-0.39, 0.29) is 0 Å². The number of fused-ring (bicyclic) bond motifs is 1. The smallest absolute Gasteiger partial charge is 0.189 e. The maximum atomic E-state index is 5.85. The predicted molar refractivity (Wildman–Crippen MR) is 64.5 cm³/mol. The lowest BCUT2D eigenvalue weighted by atomic mass is 10.3. The second-order valence-corrected chi connectivity index (χ2v) is 4.27. The van der Waals surface area contributed by atoms with E-state index in [2.05, 4.69) is 25.1 Å². The molecular weight excluding hydrogens is 236 g/mol. The summed E-state index contributed by atoms with van der Waals surface area (Å²) in [6, 6.07) is 7.59. The van der Waals surface area contributed by atoms with Crippen molar-refractivity contribution in [2.24, 2.45) is 0 Å². The number of nitrogens with one attached hydrogen (secondary N) is 1. The van der Waals surface area contributed by atoms with Crippen molar-refractivity contribution in [2.45, 2.75) is 10.2 Å². The van der Waals surface area contributed by atoms with E-state index in [0.717, 1.165) is 11.0 Å². The van der Waals surface area contributed by atoms with Crippen molar-refractivity contribution in [2.75, 3.05) is 5.73 Å². The molecule has 1 aromatic carbocycles. The van der Waals surface area contributed by atoms with Crippen molar-refractivity contribution in [1.29, 1.82) is 0 Å². The van der Waals surface area contributed by atoms with E-state index in [1.807, 2.05) is 24.3 Å². The number of aromatic amines is 1. The summed E-state index contributed by atoms with van der Waals surface area (Å²) in [6.07, 6.45) is 1.44. The highest BCUT2D eigenvalue weighted by Gasteiger charge is 2.08.